The maximum atomic E-state index is 13.1. The van der Waals surface area contributed by atoms with Crippen LogP contribution in [0.25, 0.3) is 0 Å². The zero-order chi connectivity index (χ0) is 10.6. The van der Waals surface area contributed by atoms with Crippen LogP contribution in [0.4, 0.5) is 14.5 Å². The summed E-state index contributed by atoms with van der Waals surface area (Å²) in [5.41, 5.74) is 10.1. The Morgan fingerprint density at radius 2 is 1.93 bits per heavy atom. The summed E-state index contributed by atoms with van der Waals surface area (Å²) < 4.78 is 26.0. The van der Waals surface area contributed by atoms with Crippen LogP contribution in [0.1, 0.15) is 12.0 Å². The van der Waals surface area contributed by atoms with Crippen LogP contribution < -0.4 is 11.5 Å². The monoisotopic (exact) mass is 196 g/mol. The fourth-order valence-electron chi connectivity index (χ4n) is 0.891. The van der Waals surface area contributed by atoms with E-state index in [2.05, 4.69) is 11.8 Å². The molecule has 0 fully saturated rings. The SMILES string of the molecule is NCCC#Cc1ccc(N)c(F)c1F. The van der Waals surface area contributed by atoms with E-state index in [0.29, 0.717) is 13.0 Å². The Kier molecular flexibility index (Phi) is 3.43. The first-order valence-corrected chi connectivity index (χ1v) is 4.09. The molecule has 0 aliphatic heterocycles. The Morgan fingerprint density at radius 1 is 1.21 bits per heavy atom. The van der Waals surface area contributed by atoms with Gasteiger partial charge in [-0.15, -0.1) is 0 Å². The summed E-state index contributed by atoms with van der Waals surface area (Å²) in [5, 5.41) is 0. The Hall–Kier alpha value is -1.60. The molecular formula is C10H10F2N2. The van der Waals surface area contributed by atoms with E-state index in [4.69, 9.17) is 11.5 Å². The number of anilines is 1. The van der Waals surface area contributed by atoms with Crippen molar-refractivity contribution in [3.8, 4) is 11.8 Å². The Bertz CT molecular complexity index is 391. The van der Waals surface area contributed by atoms with Gasteiger partial charge in [0, 0.05) is 13.0 Å². The van der Waals surface area contributed by atoms with Crippen molar-refractivity contribution in [3.63, 3.8) is 0 Å². The third-order valence-electron chi connectivity index (χ3n) is 1.60. The van der Waals surface area contributed by atoms with E-state index < -0.39 is 11.6 Å². The smallest absolute Gasteiger partial charge is 0.182 e. The molecule has 0 spiro atoms. The average molecular weight is 196 g/mol. The van der Waals surface area contributed by atoms with E-state index in [1.54, 1.807) is 0 Å². The highest BCUT2D eigenvalue weighted by Crippen LogP contribution is 2.16. The summed E-state index contributed by atoms with van der Waals surface area (Å²) in [5.74, 6) is 3.04. The first kappa shape index (κ1) is 10.5. The van der Waals surface area contributed by atoms with E-state index in [0.717, 1.165) is 0 Å². The van der Waals surface area contributed by atoms with Gasteiger partial charge in [-0.2, -0.15) is 0 Å². The third kappa shape index (κ3) is 2.21. The Balaban J connectivity index is 3.02. The van der Waals surface area contributed by atoms with E-state index >= 15 is 0 Å². The third-order valence-corrected chi connectivity index (χ3v) is 1.60. The van der Waals surface area contributed by atoms with Crippen LogP contribution in [0.3, 0.4) is 0 Å². The predicted octanol–water partition coefficient (Wildman–Crippen LogP) is 1.25. The van der Waals surface area contributed by atoms with Crippen molar-refractivity contribution in [2.24, 2.45) is 5.73 Å². The number of benzene rings is 1. The van der Waals surface area contributed by atoms with Crippen LogP contribution in [-0.2, 0) is 0 Å². The van der Waals surface area contributed by atoms with E-state index in [-0.39, 0.29) is 11.3 Å². The zero-order valence-corrected chi connectivity index (χ0v) is 7.48. The molecule has 2 nitrogen and oxygen atoms in total. The fourth-order valence-corrected chi connectivity index (χ4v) is 0.891. The lowest BCUT2D eigenvalue weighted by atomic mass is 10.2. The molecular weight excluding hydrogens is 186 g/mol. The first-order valence-electron chi connectivity index (χ1n) is 4.09. The topological polar surface area (TPSA) is 52.0 Å². The van der Waals surface area contributed by atoms with Gasteiger partial charge < -0.3 is 11.5 Å². The highest BCUT2D eigenvalue weighted by Gasteiger charge is 2.09. The molecule has 0 aliphatic carbocycles. The van der Waals surface area contributed by atoms with Crippen LogP contribution in [0, 0.1) is 23.5 Å². The maximum Gasteiger partial charge on any atom is 0.182 e. The molecule has 1 aromatic rings. The second kappa shape index (κ2) is 4.58. The second-order valence-electron chi connectivity index (χ2n) is 2.67. The molecule has 1 rings (SSSR count). The number of nitrogens with two attached hydrogens (primary N) is 2. The average Bonchev–Trinajstić information content (AvgIpc) is 2.18. The Morgan fingerprint density at radius 3 is 2.57 bits per heavy atom. The molecule has 0 heterocycles. The largest absolute Gasteiger partial charge is 0.396 e. The van der Waals surface area contributed by atoms with Crippen molar-refractivity contribution in [2.45, 2.75) is 6.42 Å². The standard InChI is InChI=1S/C10H10F2N2/c11-9-7(3-1-2-6-13)4-5-8(14)10(9)12/h4-5H,2,6,13-14H2. The van der Waals surface area contributed by atoms with Gasteiger partial charge in [0.25, 0.3) is 0 Å². The number of nitrogen functional groups attached to an aromatic ring is 1. The normalized spacial score (nSPS) is 9.36. The highest BCUT2D eigenvalue weighted by atomic mass is 19.2. The van der Waals surface area contributed by atoms with Gasteiger partial charge in [0.2, 0.25) is 0 Å². The molecule has 0 saturated carbocycles. The number of halogens is 2. The maximum absolute atomic E-state index is 13.1. The van der Waals surface area contributed by atoms with Crippen molar-refractivity contribution >= 4 is 5.69 Å². The first-order chi connectivity index (χ1) is 6.66. The number of hydrogen-bond acceptors (Lipinski definition) is 2. The molecule has 1 aromatic carbocycles. The molecule has 0 aliphatic rings. The molecule has 74 valence electrons. The van der Waals surface area contributed by atoms with Crippen molar-refractivity contribution in [2.75, 3.05) is 12.3 Å². The van der Waals surface area contributed by atoms with Crippen LogP contribution in [0.5, 0.6) is 0 Å². The molecule has 0 atom stereocenters. The molecule has 0 saturated heterocycles. The minimum Gasteiger partial charge on any atom is -0.396 e. The molecule has 14 heavy (non-hydrogen) atoms. The van der Waals surface area contributed by atoms with E-state index in [1.807, 2.05) is 0 Å². The quantitative estimate of drug-likeness (QED) is 0.524. The molecule has 4 N–H and O–H groups in total. The van der Waals surface area contributed by atoms with Crippen molar-refractivity contribution in [1.82, 2.24) is 0 Å². The molecule has 0 aromatic heterocycles. The number of rotatable bonds is 1. The van der Waals surface area contributed by atoms with Crippen LogP contribution >= 0.6 is 0 Å². The fraction of sp³-hybridized carbons (Fsp3) is 0.200. The van der Waals surface area contributed by atoms with Gasteiger partial charge in [0.05, 0.1) is 11.3 Å². The lowest BCUT2D eigenvalue weighted by Crippen LogP contribution is -1.98. The van der Waals surface area contributed by atoms with Crippen LogP contribution in [0.2, 0.25) is 0 Å². The number of hydrogen-bond donors (Lipinski definition) is 2. The summed E-state index contributed by atoms with van der Waals surface area (Å²) in [4.78, 5) is 0. The van der Waals surface area contributed by atoms with Gasteiger partial charge in [-0.1, -0.05) is 11.8 Å². The second-order valence-corrected chi connectivity index (χ2v) is 2.67. The van der Waals surface area contributed by atoms with Crippen molar-refractivity contribution in [1.29, 1.82) is 0 Å². The highest BCUT2D eigenvalue weighted by molar-refractivity contribution is 5.47. The molecule has 4 heteroatoms. The van der Waals surface area contributed by atoms with Gasteiger partial charge in [0.1, 0.15) is 0 Å². The predicted molar refractivity (Wildman–Crippen MR) is 51.3 cm³/mol. The Labute approximate surface area is 80.9 Å². The van der Waals surface area contributed by atoms with Crippen molar-refractivity contribution in [3.05, 3.63) is 29.3 Å². The molecule has 0 radical (unpaired) electrons. The van der Waals surface area contributed by atoms with Crippen molar-refractivity contribution < 1.29 is 8.78 Å². The van der Waals surface area contributed by atoms with Gasteiger partial charge >= 0.3 is 0 Å². The van der Waals surface area contributed by atoms with Crippen LogP contribution in [-0.4, -0.2) is 6.54 Å². The summed E-state index contributed by atoms with van der Waals surface area (Å²) in [6.07, 6.45) is 0.450. The summed E-state index contributed by atoms with van der Waals surface area (Å²) in [7, 11) is 0. The van der Waals surface area contributed by atoms with E-state index in [9.17, 15) is 8.78 Å². The van der Waals surface area contributed by atoms with Gasteiger partial charge in [-0.3, -0.25) is 0 Å². The minimum atomic E-state index is -1.05. The van der Waals surface area contributed by atoms with Gasteiger partial charge in [0.15, 0.2) is 11.6 Å². The van der Waals surface area contributed by atoms with Crippen LogP contribution in [0.15, 0.2) is 12.1 Å². The minimum absolute atomic E-state index is 0.00477. The summed E-state index contributed by atoms with van der Waals surface area (Å²) in [6.45, 7) is 0.395. The summed E-state index contributed by atoms with van der Waals surface area (Å²) in [6, 6.07) is 2.63. The zero-order valence-electron chi connectivity index (χ0n) is 7.48. The van der Waals surface area contributed by atoms with Gasteiger partial charge in [-0.05, 0) is 12.1 Å². The van der Waals surface area contributed by atoms with Gasteiger partial charge in [-0.25, -0.2) is 8.78 Å². The lowest BCUT2D eigenvalue weighted by Gasteiger charge is -1.99. The lowest BCUT2D eigenvalue weighted by molar-refractivity contribution is 0.510. The molecule has 0 amide bonds. The molecule has 0 unspecified atom stereocenters. The molecule has 0 bridgehead atoms. The summed E-state index contributed by atoms with van der Waals surface area (Å²) >= 11 is 0. The van der Waals surface area contributed by atoms with E-state index in [1.165, 1.54) is 12.1 Å².